The summed E-state index contributed by atoms with van der Waals surface area (Å²) in [6.07, 6.45) is 2.89. The van der Waals surface area contributed by atoms with Crippen LogP contribution in [0.3, 0.4) is 0 Å². The van der Waals surface area contributed by atoms with E-state index in [1.54, 1.807) is 12.0 Å². The molecule has 0 saturated carbocycles. The Kier molecular flexibility index (Phi) is 4.99. The molecule has 114 valence electrons. The fourth-order valence-electron chi connectivity index (χ4n) is 2.65. The molecule has 0 aromatic heterocycles. The van der Waals surface area contributed by atoms with Crippen LogP contribution in [0, 0.1) is 5.92 Å². The van der Waals surface area contributed by atoms with E-state index < -0.39 is 11.7 Å². The van der Waals surface area contributed by atoms with E-state index in [2.05, 4.69) is 13.8 Å². The lowest BCUT2D eigenvalue weighted by molar-refractivity contribution is -0.133. The average Bonchev–Trinajstić information content (AvgIpc) is 2.47. The zero-order chi connectivity index (χ0) is 15.4. The van der Waals surface area contributed by atoms with Crippen LogP contribution in [0.4, 0.5) is 4.39 Å². The number of halogens is 1. The quantitative estimate of drug-likeness (QED) is 0.828. The first-order valence-corrected chi connectivity index (χ1v) is 7.30. The van der Waals surface area contributed by atoms with Gasteiger partial charge in [-0.05, 0) is 42.5 Å². The van der Waals surface area contributed by atoms with Gasteiger partial charge < -0.3 is 9.64 Å². The third-order valence-corrected chi connectivity index (χ3v) is 3.73. The van der Waals surface area contributed by atoms with Crippen LogP contribution in [0.1, 0.15) is 32.3 Å². The van der Waals surface area contributed by atoms with E-state index in [1.807, 2.05) is 24.3 Å². The lowest BCUT2D eigenvalue weighted by Crippen LogP contribution is -2.43. The minimum atomic E-state index is -0.636. The van der Waals surface area contributed by atoms with E-state index in [9.17, 15) is 9.18 Å². The first kappa shape index (κ1) is 15.5. The van der Waals surface area contributed by atoms with Gasteiger partial charge in [0.25, 0.3) is 5.91 Å². The molecule has 21 heavy (non-hydrogen) atoms. The van der Waals surface area contributed by atoms with Crippen molar-refractivity contribution in [2.24, 2.45) is 5.92 Å². The molecule has 0 radical (unpaired) electrons. The van der Waals surface area contributed by atoms with E-state index >= 15 is 0 Å². The first-order chi connectivity index (χ1) is 10.0. The Balaban J connectivity index is 2.15. The maximum atomic E-state index is 13.6. The molecule has 1 atom stereocenters. The predicted octanol–water partition coefficient (Wildman–Crippen LogP) is 3.70. The van der Waals surface area contributed by atoms with Crippen molar-refractivity contribution in [3.8, 4) is 5.75 Å². The van der Waals surface area contributed by atoms with Crippen molar-refractivity contribution in [3.05, 3.63) is 41.7 Å². The number of rotatable bonds is 5. The lowest BCUT2D eigenvalue weighted by Gasteiger charge is -2.34. The van der Waals surface area contributed by atoms with Crippen LogP contribution in [0.2, 0.25) is 0 Å². The highest BCUT2D eigenvalue weighted by atomic mass is 19.1. The average molecular weight is 291 g/mol. The van der Waals surface area contributed by atoms with E-state index in [4.69, 9.17) is 4.74 Å². The number of benzene rings is 1. The number of nitrogens with zero attached hydrogens (tertiary/aromatic N) is 1. The molecule has 0 saturated heterocycles. The number of hydrogen-bond donors (Lipinski definition) is 0. The second kappa shape index (κ2) is 6.74. The van der Waals surface area contributed by atoms with E-state index in [-0.39, 0.29) is 6.04 Å². The number of methoxy groups -OCH3 is 1. The van der Waals surface area contributed by atoms with Gasteiger partial charge in [-0.3, -0.25) is 4.79 Å². The van der Waals surface area contributed by atoms with Crippen molar-refractivity contribution in [1.82, 2.24) is 4.90 Å². The molecular formula is C17H22FNO2. The predicted molar refractivity (Wildman–Crippen MR) is 80.6 cm³/mol. The summed E-state index contributed by atoms with van der Waals surface area (Å²) in [7, 11) is 1.61. The Morgan fingerprint density at radius 1 is 1.33 bits per heavy atom. The summed E-state index contributed by atoms with van der Waals surface area (Å²) in [5, 5.41) is 0. The fraction of sp³-hybridized carbons (Fsp3) is 0.471. The van der Waals surface area contributed by atoms with Gasteiger partial charge in [0, 0.05) is 12.6 Å². The molecule has 0 bridgehead atoms. The summed E-state index contributed by atoms with van der Waals surface area (Å²) in [5.74, 6) is 0.107. The summed E-state index contributed by atoms with van der Waals surface area (Å²) >= 11 is 0. The number of carbonyl (C=O) groups is 1. The number of amides is 1. The van der Waals surface area contributed by atoms with Crippen molar-refractivity contribution in [3.63, 3.8) is 0 Å². The molecule has 4 heteroatoms. The highest BCUT2D eigenvalue weighted by Crippen LogP contribution is 2.26. The molecule has 1 aromatic rings. The molecule has 0 spiro atoms. The Morgan fingerprint density at radius 2 is 2.00 bits per heavy atom. The highest BCUT2D eigenvalue weighted by Gasteiger charge is 2.30. The molecular weight excluding hydrogens is 269 g/mol. The molecule has 0 fully saturated rings. The van der Waals surface area contributed by atoms with Crippen molar-refractivity contribution in [2.45, 2.75) is 39.3 Å². The van der Waals surface area contributed by atoms with Crippen LogP contribution in [-0.4, -0.2) is 24.0 Å². The number of ether oxygens (including phenoxy) is 1. The van der Waals surface area contributed by atoms with Crippen LogP contribution in [0.25, 0.3) is 0 Å². The molecule has 1 aliphatic heterocycles. The Morgan fingerprint density at radius 3 is 2.57 bits per heavy atom. The zero-order valence-electron chi connectivity index (χ0n) is 12.8. The van der Waals surface area contributed by atoms with Gasteiger partial charge >= 0.3 is 0 Å². The van der Waals surface area contributed by atoms with Crippen molar-refractivity contribution in [1.29, 1.82) is 0 Å². The van der Waals surface area contributed by atoms with Gasteiger partial charge in [0.05, 0.1) is 7.11 Å². The van der Waals surface area contributed by atoms with E-state index in [1.165, 1.54) is 6.08 Å². The number of hydrogen-bond acceptors (Lipinski definition) is 2. The molecule has 0 aliphatic carbocycles. The lowest BCUT2D eigenvalue weighted by atomic mass is 9.96. The number of carbonyl (C=O) groups excluding carboxylic acids is 1. The summed E-state index contributed by atoms with van der Waals surface area (Å²) in [6, 6.07) is 7.60. The van der Waals surface area contributed by atoms with Gasteiger partial charge in [0.15, 0.2) is 5.83 Å². The van der Waals surface area contributed by atoms with Gasteiger partial charge in [-0.25, -0.2) is 4.39 Å². The monoisotopic (exact) mass is 291 g/mol. The maximum absolute atomic E-state index is 13.6. The van der Waals surface area contributed by atoms with Crippen molar-refractivity contribution in [2.75, 3.05) is 7.11 Å². The Labute approximate surface area is 125 Å². The second-order valence-electron chi connectivity index (χ2n) is 5.85. The minimum absolute atomic E-state index is 0.0686. The summed E-state index contributed by atoms with van der Waals surface area (Å²) < 4.78 is 18.7. The van der Waals surface area contributed by atoms with Crippen LogP contribution in [0.5, 0.6) is 5.75 Å². The van der Waals surface area contributed by atoms with E-state index in [0.29, 0.717) is 18.9 Å². The highest BCUT2D eigenvalue weighted by molar-refractivity contribution is 5.92. The minimum Gasteiger partial charge on any atom is -0.497 e. The molecule has 2 rings (SSSR count). The van der Waals surface area contributed by atoms with E-state index in [0.717, 1.165) is 17.7 Å². The van der Waals surface area contributed by atoms with Crippen LogP contribution < -0.4 is 4.74 Å². The largest absolute Gasteiger partial charge is 0.497 e. The van der Waals surface area contributed by atoms with Gasteiger partial charge in [-0.1, -0.05) is 26.0 Å². The van der Waals surface area contributed by atoms with Crippen molar-refractivity contribution >= 4 is 5.91 Å². The maximum Gasteiger partial charge on any atom is 0.282 e. The standard InChI is InChI=1S/C17H22FNO2/c1-12(2)10-14-6-9-16(18)17(20)19(14)11-13-4-7-15(21-3)8-5-13/h4-5,7-9,12,14H,6,10-11H2,1-3H3. The van der Waals surface area contributed by atoms with Crippen LogP contribution >= 0.6 is 0 Å². The Bertz CT molecular complexity index is 522. The van der Waals surface area contributed by atoms with Gasteiger partial charge in [-0.2, -0.15) is 0 Å². The third kappa shape index (κ3) is 3.84. The third-order valence-electron chi connectivity index (χ3n) is 3.73. The molecule has 0 N–H and O–H groups in total. The summed E-state index contributed by atoms with van der Waals surface area (Å²) in [6.45, 7) is 4.66. The van der Waals surface area contributed by atoms with Crippen molar-refractivity contribution < 1.29 is 13.9 Å². The van der Waals surface area contributed by atoms with Gasteiger partial charge in [-0.15, -0.1) is 0 Å². The Hall–Kier alpha value is -1.84. The molecule has 1 aromatic carbocycles. The SMILES string of the molecule is COc1ccc(CN2C(=O)C(F)=CCC2CC(C)C)cc1. The van der Waals surface area contributed by atoms with Gasteiger partial charge in [0.2, 0.25) is 0 Å². The van der Waals surface area contributed by atoms with Gasteiger partial charge in [0.1, 0.15) is 5.75 Å². The molecule has 1 heterocycles. The van der Waals surface area contributed by atoms with Crippen LogP contribution in [-0.2, 0) is 11.3 Å². The zero-order valence-corrected chi connectivity index (χ0v) is 12.8. The normalized spacial score (nSPS) is 18.9. The summed E-state index contributed by atoms with van der Waals surface area (Å²) in [5.41, 5.74) is 0.979. The molecule has 1 amide bonds. The molecule has 3 nitrogen and oxygen atoms in total. The molecule has 1 unspecified atom stereocenters. The first-order valence-electron chi connectivity index (χ1n) is 7.30. The van der Waals surface area contributed by atoms with Crippen LogP contribution in [0.15, 0.2) is 36.2 Å². The topological polar surface area (TPSA) is 29.5 Å². The molecule has 1 aliphatic rings. The smallest absolute Gasteiger partial charge is 0.282 e. The summed E-state index contributed by atoms with van der Waals surface area (Å²) in [4.78, 5) is 13.8. The second-order valence-corrected chi connectivity index (χ2v) is 5.85. The fourth-order valence-corrected chi connectivity index (χ4v) is 2.65.